The number of nitrogens with two attached hydrogens (primary N) is 2. The minimum Gasteiger partial charge on any atom is -0.366 e. The highest BCUT2D eigenvalue weighted by atomic mass is 79.9. The predicted molar refractivity (Wildman–Crippen MR) is 171 cm³/mol. The monoisotopic (exact) mass is 1100 g/mol. The first-order valence-electron chi connectivity index (χ1n) is 8.54. The molecule has 0 aliphatic carbocycles. The third kappa shape index (κ3) is 5.16. The van der Waals surface area contributed by atoms with Gasteiger partial charge in [-0.05, 0) is 171 Å². The number of hydrogen-bond acceptors (Lipinski definition) is 2. The average Bonchev–Trinajstić information content (AvgIpc) is 2.79. The van der Waals surface area contributed by atoms with Crippen LogP contribution in [0.5, 0.6) is 0 Å². The maximum Gasteiger partial charge on any atom is 0.249 e. The van der Waals surface area contributed by atoms with E-state index in [9.17, 15) is 9.59 Å². The Hall–Kier alpha value is 1.40. The van der Waals surface area contributed by atoms with E-state index < -0.39 is 11.8 Å². The second-order valence-electron chi connectivity index (χ2n) is 6.53. The van der Waals surface area contributed by atoms with Crippen LogP contribution in [0.2, 0.25) is 0 Å². The van der Waals surface area contributed by atoms with Gasteiger partial charge in [0, 0.05) is 78.1 Å². The molecule has 3 rings (SSSR count). The van der Waals surface area contributed by atoms with Crippen LogP contribution in [-0.2, 0) is 0 Å². The summed E-state index contributed by atoms with van der Waals surface area (Å²) in [5, 5.41) is 0. The predicted octanol–water partition coefficient (Wildman–Crippen LogP) is 10.8. The first-order valence-corrected chi connectivity index (χ1v) is 16.5. The molecule has 0 saturated carbocycles. The molecule has 0 fully saturated rings. The van der Waals surface area contributed by atoms with Crippen LogP contribution in [0.3, 0.4) is 0 Å². The van der Waals surface area contributed by atoms with Crippen LogP contribution >= 0.6 is 159 Å². The average molecular weight is 1110 g/mol. The summed E-state index contributed by atoms with van der Waals surface area (Å²) in [5.41, 5.74) is 14.0. The zero-order chi connectivity index (χ0) is 25.8. The van der Waals surface area contributed by atoms with Crippen molar-refractivity contribution in [2.24, 2.45) is 11.5 Å². The second-order valence-corrected chi connectivity index (χ2v) is 14.5. The van der Waals surface area contributed by atoms with Crippen LogP contribution in [0.25, 0.3) is 22.3 Å². The third-order valence-electron chi connectivity index (χ3n) is 4.66. The van der Waals surface area contributed by atoms with Gasteiger partial charge < -0.3 is 11.5 Å². The van der Waals surface area contributed by atoms with Gasteiger partial charge in [0.2, 0.25) is 11.8 Å². The Morgan fingerprint density at radius 1 is 0.412 bits per heavy atom. The van der Waals surface area contributed by atoms with Crippen LogP contribution in [0.4, 0.5) is 0 Å². The molecule has 0 radical (unpaired) electrons. The zero-order valence-corrected chi connectivity index (χ0v) is 31.8. The van der Waals surface area contributed by atoms with E-state index in [1.807, 2.05) is 0 Å². The largest absolute Gasteiger partial charge is 0.366 e. The van der Waals surface area contributed by atoms with Gasteiger partial charge in [-0.2, -0.15) is 0 Å². The molecule has 4 nitrogen and oxygen atoms in total. The van der Waals surface area contributed by atoms with E-state index >= 15 is 0 Å². The summed E-state index contributed by atoms with van der Waals surface area (Å²) in [7, 11) is 0. The highest BCUT2D eigenvalue weighted by Gasteiger charge is 2.31. The molecule has 0 atom stereocenters. The van der Waals surface area contributed by atoms with Crippen molar-refractivity contribution < 1.29 is 9.59 Å². The quantitative estimate of drug-likeness (QED) is 0.201. The van der Waals surface area contributed by atoms with Crippen molar-refractivity contribution >= 4 is 171 Å². The molecule has 3 aromatic rings. The molecule has 178 valence electrons. The fraction of sp³-hybridized carbons (Fsp3) is 0. The van der Waals surface area contributed by atoms with Gasteiger partial charge in [0.1, 0.15) is 0 Å². The summed E-state index contributed by atoms with van der Waals surface area (Å²) in [6.07, 6.45) is 0. The Morgan fingerprint density at radius 2 is 0.618 bits per heavy atom. The standard InChI is InChI=1S/C20H6Br10N2O2/c21-9-7(10(22)14(26)17(29)13(9)25)5-3(19(31)33)1-2-4(20(32)34)6(5)8-11(23)15(27)18(30)16(28)12(8)24/h1-2H,(H2,31,33)(H2,32,34). The van der Waals surface area contributed by atoms with E-state index in [-0.39, 0.29) is 11.1 Å². The second kappa shape index (κ2) is 11.6. The Balaban J connectivity index is 2.75. The molecule has 0 unspecified atom stereocenters. The molecule has 0 heterocycles. The molecular formula is C20H6Br10N2O2. The number of amides is 2. The van der Waals surface area contributed by atoms with Gasteiger partial charge in [0.25, 0.3) is 0 Å². The maximum absolute atomic E-state index is 12.7. The lowest BCUT2D eigenvalue weighted by molar-refractivity contribution is 0.0989. The highest BCUT2D eigenvalue weighted by molar-refractivity contribution is 9.16. The maximum atomic E-state index is 12.7. The fourth-order valence-corrected chi connectivity index (χ4v) is 10.1. The molecule has 3 aromatic carbocycles. The summed E-state index contributed by atoms with van der Waals surface area (Å²) in [6, 6.07) is 2.99. The van der Waals surface area contributed by atoms with Crippen LogP contribution in [-0.4, -0.2) is 11.8 Å². The van der Waals surface area contributed by atoms with Crippen molar-refractivity contribution in [3.63, 3.8) is 0 Å². The molecular weight excluding hydrogens is 1100 g/mol. The van der Waals surface area contributed by atoms with Gasteiger partial charge in [-0.1, -0.05) is 0 Å². The molecule has 2 amide bonds. The first kappa shape index (κ1) is 29.9. The van der Waals surface area contributed by atoms with Gasteiger partial charge in [0.05, 0.1) is 0 Å². The van der Waals surface area contributed by atoms with E-state index in [0.717, 1.165) is 8.95 Å². The van der Waals surface area contributed by atoms with Crippen LogP contribution in [0.15, 0.2) is 56.9 Å². The summed E-state index contributed by atoms with van der Waals surface area (Å²) in [4.78, 5) is 25.3. The molecule has 0 saturated heterocycles. The molecule has 34 heavy (non-hydrogen) atoms. The molecule has 0 aliphatic heterocycles. The molecule has 0 bridgehead atoms. The number of hydrogen-bond donors (Lipinski definition) is 2. The first-order chi connectivity index (χ1) is 15.7. The van der Waals surface area contributed by atoms with Crippen molar-refractivity contribution in [1.82, 2.24) is 0 Å². The Kier molecular flexibility index (Phi) is 10.3. The summed E-state index contributed by atoms with van der Waals surface area (Å²) < 4.78 is 6.65. The number of rotatable bonds is 4. The van der Waals surface area contributed by atoms with Crippen LogP contribution in [0, 0.1) is 0 Å². The Morgan fingerprint density at radius 3 is 0.824 bits per heavy atom. The number of benzene rings is 3. The number of primary amides is 2. The molecule has 0 aromatic heterocycles. The van der Waals surface area contributed by atoms with Crippen molar-refractivity contribution in [2.45, 2.75) is 0 Å². The van der Waals surface area contributed by atoms with E-state index in [1.54, 1.807) is 0 Å². The lowest BCUT2D eigenvalue weighted by Gasteiger charge is -2.23. The topological polar surface area (TPSA) is 86.2 Å². The SMILES string of the molecule is NC(=O)c1ccc(C(N)=O)c(-c2c(Br)c(Br)c(Br)c(Br)c2Br)c1-c1c(Br)c(Br)c(Br)c(Br)c1Br. The van der Waals surface area contributed by atoms with E-state index in [4.69, 9.17) is 11.5 Å². The highest BCUT2D eigenvalue weighted by Crippen LogP contribution is 2.55. The zero-order valence-electron chi connectivity index (χ0n) is 15.9. The number of carbonyl (C=O) groups excluding carboxylic acids is 2. The minimum atomic E-state index is -0.677. The molecule has 14 heteroatoms. The van der Waals surface area contributed by atoms with Gasteiger partial charge in [0.15, 0.2) is 0 Å². The molecule has 0 spiro atoms. The van der Waals surface area contributed by atoms with Crippen molar-refractivity contribution in [1.29, 1.82) is 0 Å². The van der Waals surface area contributed by atoms with Crippen molar-refractivity contribution in [3.8, 4) is 22.3 Å². The third-order valence-corrected chi connectivity index (χ3v) is 16.8. The van der Waals surface area contributed by atoms with E-state index in [0.29, 0.717) is 58.0 Å². The fourth-order valence-electron chi connectivity index (χ4n) is 3.18. The van der Waals surface area contributed by atoms with E-state index in [2.05, 4.69) is 159 Å². The van der Waals surface area contributed by atoms with Crippen LogP contribution in [0.1, 0.15) is 20.7 Å². The van der Waals surface area contributed by atoms with Gasteiger partial charge in [-0.15, -0.1) is 0 Å². The number of halogens is 10. The van der Waals surface area contributed by atoms with Crippen molar-refractivity contribution in [3.05, 3.63) is 68.0 Å². The summed E-state index contributed by atoms with van der Waals surface area (Å²) in [5.74, 6) is -1.35. The van der Waals surface area contributed by atoms with Crippen LogP contribution < -0.4 is 11.5 Å². The lowest BCUT2D eigenvalue weighted by Crippen LogP contribution is -2.18. The van der Waals surface area contributed by atoms with Gasteiger partial charge >= 0.3 is 0 Å². The van der Waals surface area contributed by atoms with E-state index in [1.165, 1.54) is 12.1 Å². The lowest BCUT2D eigenvalue weighted by atomic mass is 9.86. The van der Waals surface area contributed by atoms with Crippen molar-refractivity contribution in [2.75, 3.05) is 0 Å². The van der Waals surface area contributed by atoms with Gasteiger partial charge in [-0.3, -0.25) is 9.59 Å². The Labute approximate surface area is 278 Å². The summed E-state index contributed by atoms with van der Waals surface area (Å²) in [6.45, 7) is 0. The minimum absolute atomic E-state index is 0.191. The smallest absolute Gasteiger partial charge is 0.249 e. The normalized spacial score (nSPS) is 11.1. The Bertz CT molecular complexity index is 1260. The molecule has 0 aliphatic rings. The van der Waals surface area contributed by atoms with Gasteiger partial charge in [-0.25, -0.2) is 0 Å². The number of carbonyl (C=O) groups is 2. The molecule has 4 N–H and O–H groups in total. The summed E-state index contributed by atoms with van der Waals surface area (Å²) >= 11 is 35.9.